The number of carbonyl (C=O) groups is 1. The number of ether oxygens (including phenoxy) is 1. The summed E-state index contributed by atoms with van der Waals surface area (Å²) in [7, 11) is 0. The Morgan fingerprint density at radius 2 is 1.88 bits per heavy atom. The summed E-state index contributed by atoms with van der Waals surface area (Å²) < 4.78 is 10.9. The average Bonchev–Trinajstić information content (AvgIpc) is 2.97. The first-order valence-corrected chi connectivity index (χ1v) is 8.13. The van der Waals surface area contributed by atoms with Crippen molar-refractivity contribution in [1.82, 2.24) is 5.16 Å². The SMILES string of the molecule is Cc1ccc(NC(=O)c2noc(C)c2COc2ccccc2Cl)cc1. The summed E-state index contributed by atoms with van der Waals surface area (Å²) >= 11 is 6.08. The topological polar surface area (TPSA) is 64.4 Å². The summed E-state index contributed by atoms with van der Waals surface area (Å²) in [5, 5.41) is 7.17. The summed E-state index contributed by atoms with van der Waals surface area (Å²) in [6.45, 7) is 3.85. The van der Waals surface area contributed by atoms with Gasteiger partial charge >= 0.3 is 0 Å². The van der Waals surface area contributed by atoms with E-state index in [9.17, 15) is 4.79 Å². The van der Waals surface area contributed by atoms with Crippen LogP contribution in [0.25, 0.3) is 0 Å². The molecule has 0 saturated carbocycles. The molecule has 3 rings (SSSR count). The van der Waals surface area contributed by atoms with Crippen LogP contribution in [0.4, 0.5) is 5.69 Å². The summed E-state index contributed by atoms with van der Waals surface area (Å²) in [5.41, 5.74) is 2.59. The van der Waals surface area contributed by atoms with Crippen LogP contribution in [-0.2, 0) is 6.61 Å². The van der Waals surface area contributed by atoms with Crippen molar-refractivity contribution < 1.29 is 14.1 Å². The van der Waals surface area contributed by atoms with E-state index >= 15 is 0 Å². The molecule has 6 heteroatoms. The fourth-order valence-electron chi connectivity index (χ4n) is 2.28. The van der Waals surface area contributed by atoms with Crippen LogP contribution in [0.15, 0.2) is 53.1 Å². The molecule has 0 aliphatic heterocycles. The summed E-state index contributed by atoms with van der Waals surface area (Å²) in [6.07, 6.45) is 0. The number of para-hydroxylation sites is 1. The van der Waals surface area contributed by atoms with E-state index in [0.717, 1.165) is 5.56 Å². The lowest BCUT2D eigenvalue weighted by Gasteiger charge is -2.08. The number of amides is 1. The maximum atomic E-state index is 12.5. The molecule has 0 aliphatic rings. The van der Waals surface area contributed by atoms with E-state index < -0.39 is 0 Å². The van der Waals surface area contributed by atoms with Crippen molar-refractivity contribution in [2.45, 2.75) is 20.5 Å². The molecular formula is C19H17ClN2O3. The number of rotatable bonds is 5. The van der Waals surface area contributed by atoms with E-state index in [-0.39, 0.29) is 18.2 Å². The van der Waals surface area contributed by atoms with Crippen LogP contribution in [0, 0.1) is 13.8 Å². The highest BCUT2D eigenvalue weighted by molar-refractivity contribution is 6.32. The first-order chi connectivity index (χ1) is 12.0. The number of halogens is 1. The Kier molecular flexibility index (Phi) is 5.05. The fourth-order valence-corrected chi connectivity index (χ4v) is 2.47. The maximum Gasteiger partial charge on any atom is 0.278 e. The van der Waals surface area contributed by atoms with Gasteiger partial charge in [-0.05, 0) is 38.1 Å². The van der Waals surface area contributed by atoms with Crippen molar-refractivity contribution in [3.8, 4) is 5.75 Å². The van der Waals surface area contributed by atoms with Gasteiger partial charge < -0.3 is 14.6 Å². The molecule has 3 aromatic rings. The molecule has 2 aromatic carbocycles. The van der Waals surface area contributed by atoms with Crippen LogP contribution < -0.4 is 10.1 Å². The zero-order valence-corrected chi connectivity index (χ0v) is 14.6. The fraction of sp³-hybridized carbons (Fsp3) is 0.158. The van der Waals surface area contributed by atoms with Crippen molar-refractivity contribution in [3.63, 3.8) is 0 Å². The molecule has 0 bridgehead atoms. The molecule has 0 saturated heterocycles. The van der Waals surface area contributed by atoms with Gasteiger partial charge in [0.25, 0.3) is 5.91 Å². The van der Waals surface area contributed by atoms with Crippen LogP contribution in [0.5, 0.6) is 5.75 Å². The number of nitrogens with one attached hydrogen (secondary N) is 1. The van der Waals surface area contributed by atoms with Crippen LogP contribution in [0.1, 0.15) is 27.4 Å². The smallest absolute Gasteiger partial charge is 0.278 e. The normalized spacial score (nSPS) is 10.5. The van der Waals surface area contributed by atoms with E-state index in [1.807, 2.05) is 43.3 Å². The third-order valence-electron chi connectivity index (χ3n) is 3.72. The van der Waals surface area contributed by atoms with Crippen LogP contribution in [0.2, 0.25) is 5.02 Å². The molecule has 0 unspecified atom stereocenters. The van der Waals surface area contributed by atoms with E-state index in [0.29, 0.717) is 27.8 Å². The highest BCUT2D eigenvalue weighted by Crippen LogP contribution is 2.25. The minimum absolute atomic E-state index is 0.135. The van der Waals surface area contributed by atoms with Gasteiger partial charge in [0.05, 0.1) is 10.6 Å². The lowest BCUT2D eigenvalue weighted by atomic mass is 10.2. The Labute approximate surface area is 150 Å². The third kappa shape index (κ3) is 4.00. The number of hydrogen-bond acceptors (Lipinski definition) is 4. The molecule has 1 aromatic heterocycles. The van der Waals surface area contributed by atoms with Gasteiger partial charge in [0.15, 0.2) is 5.69 Å². The molecule has 0 spiro atoms. The van der Waals surface area contributed by atoms with E-state index in [1.165, 1.54) is 0 Å². The molecular weight excluding hydrogens is 340 g/mol. The Morgan fingerprint density at radius 1 is 1.16 bits per heavy atom. The van der Waals surface area contributed by atoms with Gasteiger partial charge in [0.2, 0.25) is 0 Å². The van der Waals surface area contributed by atoms with E-state index in [4.69, 9.17) is 20.9 Å². The van der Waals surface area contributed by atoms with Crippen molar-refractivity contribution in [3.05, 3.63) is 76.1 Å². The van der Waals surface area contributed by atoms with Crippen molar-refractivity contribution in [1.29, 1.82) is 0 Å². The minimum atomic E-state index is -0.349. The van der Waals surface area contributed by atoms with Crippen molar-refractivity contribution in [2.24, 2.45) is 0 Å². The van der Waals surface area contributed by atoms with E-state index in [2.05, 4.69) is 10.5 Å². The Bertz CT molecular complexity index is 888. The molecule has 0 fully saturated rings. The van der Waals surface area contributed by atoms with E-state index in [1.54, 1.807) is 19.1 Å². The van der Waals surface area contributed by atoms with Gasteiger partial charge in [0, 0.05) is 5.69 Å². The number of hydrogen-bond donors (Lipinski definition) is 1. The monoisotopic (exact) mass is 356 g/mol. The van der Waals surface area contributed by atoms with Gasteiger partial charge in [-0.3, -0.25) is 4.79 Å². The number of nitrogens with zero attached hydrogens (tertiary/aromatic N) is 1. The minimum Gasteiger partial charge on any atom is -0.487 e. The van der Waals surface area contributed by atoms with Gasteiger partial charge in [-0.1, -0.05) is 46.6 Å². The molecule has 128 valence electrons. The quantitative estimate of drug-likeness (QED) is 0.714. The summed E-state index contributed by atoms with van der Waals surface area (Å²) in [6, 6.07) is 14.7. The molecule has 25 heavy (non-hydrogen) atoms. The lowest BCUT2D eigenvalue weighted by Crippen LogP contribution is -2.15. The second-order valence-electron chi connectivity index (χ2n) is 5.61. The van der Waals surface area contributed by atoms with Crippen molar-refractivity contribution in [2.75, 3.05) is 5.32 Å². The number of benzene rings is 2. The molecule has 1 N–H and O–H groups in total. The number of aryl methyl sites for hydroxylation is 2. The molecule has 1 amide bonds. The second kappa shape index (κ2) is 7.40. The van der Waals surface area contributed by atoms with Crippen LogP contribution in [0.3, 0.4) is 0 Å². The molecule has 0 aliphatic carbocycles. The zero-order valence-electron chi connectivity index (χ0n) is 13.9. The Hall–Kier alpha value is -2.79. The summed E-state index contributed by atoms with van der Waals surface area (Å²) in [4.78, 5) is 12.5. The van der Waals surface area contributed by atoms with Crippen LogP contribution in [-0.4, -0.2) is 11.1 Å². The number of aromatic nitrogens is 1. The van der Waals surface area contributed by atoms with Gasteiger partial charge in [-0.25, -0.2) is 0 Å². The average molecular weight is 357 g/mol. The largest absolute Gasteiger partial charge is 0.487 e. The zero-order chi connectivity index (χ0) is 17.8. The molecule has 0 atom stereocenters. The predicted octanol–water partition coefficient (Wildman–Crippen LogP) is 4.78. The molecule has 0 radical (unpaired) electrons. The van der Waals surface area contributed by atoms with Gasteiger partial charge in [-0.2, -0.15) is 0 Å². The van der Waals surface area contributed by atoms with Crippen molar-refractivity contribution >= 4 is 23.2 Å². The van der Waals surface area contributed by atoms with Gasteiger partial charge in [0.1, 0.15) is 18.1 Å². The first kappa shape index (κ1) is 17.0. The van der Waals surface area contributed by atoms with Gasteiger partial charge in [-0.15, -0.1) is 0 Å². The lowest BCUT2D eigenvalue weighted by molar-refractivity contribution is 0.101. The third-order valence-corrected chi connectivity index (χ3v) is 4.03. The maximum absolute atomic E-state index is 12.5. The highest BCUT2D eigenvalue weighted by atomic mass is 35.5. The first-order valence-electron chi connectivity index (χ1n) is 7.75. The highest BCUT2D eigenvalue weighted by Gasteiger charge is 2.20. The number of anilines is 1. The Morgan fingerprint density at radius 3 is 2.60 bits per heavy atom. The summed E-state index contributed by atoms with van der Waals surface area (Å²) in [5.74, 6) is 0.717. The standard InChI is InChI=1S/C19H17ClN2O3/c1-12-7-9-14(10-8-12)21-19(23)18-15(13(2)25-22-18)11-24-17-6-4-3-5-16(17)20/h3-10H,11H2,1-2H3,(H,21,23). The number of carbonyl (C=O) groups excluding carboxylic acids is 1. The predicted molar refractivity (Wildman–Crippen MR) is 96.2 cm³/mol. The van der Waals surface area contributed by atoms with Crippen LogP contribution >= 0.6 is 11.6 Å². The molecule has 1 heterocycles. The second-order valence-corrected chi connectivity index (χ2v) is 6.01. The Balaban J connectivity index is 1.75. The molecule has 5 nitrogen and oxygen atoms in total.